The van der Waals surface area contributed by atoms with Gasteiger partial charge in [-0.05, 0) is 30.5 Å². The van der Waals surface area contributed by atoms with Crippen molar-refractivity contribution < 1.29 is 19.1 Å². The van der Waals surface area contributed by atoms with Gasteiger partial charge in [0.15, 0.2) is 0 Å². The van der Waals surface area contributed by atoms with E-state index < -0.39 is 11.8 Å². The summed E-state index contributed by atoms with van der Waals surface area (Å²) >= 11 is 0. The van der Waals surface area contributed by atoms with Gasteiger partial charge in [-0.1, -0.05) is 12.1 Å². The van der Waals surface area contributed by atoms with Crippen molar-refractivity contribution in [1.82, 2.24) is 5.32 Å². The minimum absolute atomic E-state index is 0.240. The highest BCUT2D eigenvalue weighted by molar-refractivity contribution is 6.34. The molecule has 0 atom stereocenters. The molecule has 2 amide bonds. The molecule has 0 aliphatic carbocycles. The lowest BCUT2D eigenvalue weighted by molar-refractivity contribution is -0.137. The second kappa shape index (κ2) is 6.58. The second-order valence-corrected chi connectivity index (χ2v) is 5.17. The largest absolute Gasteiger partial charge is 0.497 e. The predicted molar refractivity (Wildman–Crippen MR) is 76.9 cm³/mol. The number of primary amides is 1. The van der Waals surface area contributed by atoms with Crippen LogP contribution in [0.1, 0.15) is 18.4 Å². The van der Waals surface area contributed by atoms with Gasteiger partial charge in [0.1, 0.15) is 5.75 Å². The number of ether oxygens (including phenoxy) is 2. The van der Waals surface area contributed by atoms with Crippen molar-refractivity contribution in [3.05, 3.63) is 29.8 Å². The lowest BCUT2D eigenvalue weighted by Gasteiger charge is -2.37. The highest BCUT2D eigenvalue weighted by Gasteiger charge is 2.35. The topological polar surface area (TPSA) is 90.6 Å². The third-order valence-corrected chi connectivity index (χ3v) is 3.96. The number of methoxy groups -OCH3 is 1. The molecule has 1 aromatic carbocycles. The van der Waals surface area contributed by atoms with Crippen LogP contribution in [0.2, 0.25) is 0 Å². The predicted octanol–water partition coefficient (Wildman–Crippen LogP) is 0.345. The molecule has 0 spiro atoms. The number of nitrogens with two attached hydrogens (primary N) is 1. The third kappa shape index (κ3) is 3.52. The van der Waals surface area contributed by atoms with Gasteiger partial charge in [-0.15, -0.1) is 0 Å². The van der Waals surface area contributed by atoms with Gasteiger partial charge in [-0.25, -0.2) is 0 Å². The van der Waals surface area contributed by atoms with E-state index in [1.54, 1.807) is 7.11 Å². The summed E-state index contributed by atoms with van der Waals surface area (Å²) in [5.41, 5.74) is 5.83. The number of nitrogens with one attached hydrogen (secondary N) is 1. The molecule has 114 valence electrons. The van der Waals surface area contributed by atoms with Crippen LogP contribution in [0.25, 0.3) is 0 Å². The monoisotopic (exact) mass is 292 g/mol. The average Bonchev–Trinajstić information content (AvgIpc) is 2.53. The minimum Gasteiger partial charge on any atom is -0.497 e. The first kappa shape index (κ1) is 15.3. The fourth-order valence-electron chi connectivity index (χ4n) is 2.61. The van der Waals surface area contributed by atoms with Crippen molar-refractivity contribution >= 4 is 11.8 Å². The Morgan fingerprint density at radius 3 is 2.43 bits per heavy atom. The molecule has 0 bridgehead atoms. The maximum atomic E-state index is 11.4. The zero-order valence-corrected chi connectivity index (χ0v) is 12.1. The van der Waals surface area contributed by atoms with Crippen LogP contribution in [0.15, 0.2) is 24.3 Å². The number of rotatable bonds is 4. The molecule has 6 heteroatoms. The highest BCUT2D eigenvalue weighted by Crippen LogP contribution is 2.35. The average molecular weight is 292 g/mol. The zero-order valence-electron chi connectivity index (χ0n) is 12.1. The van der Waals surface area contributed by atoms with Gasteiger partial charge in [-0.2, -0.15) is 0 Å². The first-order valence-corrected chi connectivity index (χ1v) is 6.87. The van der Waals surface area contributed by atoms with E-state index in [2.05, 4.69) is 5.32 Å². The second-order valence-electron chi connectivity index (χ2n) is 5.17. The smallest absolute Gasteiger partial charge is 0.309 e. The van der Waals surface area contributed by atoms with Gasteiger partial charge in [0.05, 0.1) is 7.11 Å². The van der Waals surface area contributed by atoms with E-state index in [0.717, 1.165) is 24.2 Å². The molecule has 1 saturated heterocycles. The summed E-state index contributed by atoms with van der Waals surface area (Å²) in [6, 6.07) is 7.76. The number of carbonyl (C=O) groups excluding carboxylic acids is 2. The number of amides is 2. The summed E-state index contributed by atoms with van der Waals surface area (Å²) in [4.78, 5) is 22.3. The summed E-state index contributed by atoms with van der Waals surface area (Å²) < 4.78 is 10.6. The molecule has 1 fully saturated rings. The van der Waals surface area contributed by atoms with E-state index in [1.165, 1.54) is 0 Å². The summed E-state index contributed by atoms with van der Waals surface area (Å²) in [5.74, 6) is -0.941. The summed E-state index contributed by atoms with van der Waals surface area (Å²) in [6.07, 6.45) is 1.55. The van der Waals surface area contributed by atoms with E-state index in [0.29, 0.717) is 19.8 Å². The molecular weight excluding hydrogens is 272 g/mol. The summed E-state index contributed by atoms with van der Waals surface area (Å²) in [5, 5.41) is 2.62. The molecule has 21 heavy (non-hydrogen) atoms. The molecule has 1 heterocycles. The van der Waals surface area contributed by atoms with Crippen LogP contribution in [0.5, 0.6) is 5.75 Å². The van der Waals surface area contributed by atoms with Gasteiger partial charge < -0.3 is 20.5 Å². The SMILES string of the molecule is COc1ccc(C2(CNC(=O)C(N)=O)CCOCC2)cc1. The van der Waals surface area contributed by atoms with Crippen molar-refractivity contribution in [1.29, 1.82) is 0 Å². The molecule has 0 radical (unpaired) electrons. The quantitative estimate of drug-likeness (QED) is 0.783. The van der Waals surface area contributed by atoms with Crippen LogP contribution in [0, 0.1) is 0 Å². The van der Waals surface area contributed by atoms with E-state index >= 15 is 0 Å². The van der Waals surface area contributed by atoms with Crippen molar-refractivity contribution in [3.63, 3.8) is 0 Å². The van der Waals surface area contributed by atoms with E-state index in [9.17, 15) is 9.59 Å². The molecule has 6 nitrogen and oxygen atoms in total. The first-order chi connectivity index (χ1) is 10.1. The van der Waals surface area contributed by atoms with E-state index in [-0.39, 0.29) is 5.41 Å². The Hall–Kier alpha value is -2.08. The molecule has 0 aromatic heterocycles. The Labute approximate surface area is 123 Å². The lowest BCUT2D eigenvalue weighted by Crippen LogP contribution is -2.47. The Kier molecular flexibility index (Phi) is 4.80. The zero-order chi connectivity index (χ0) is 15.3. The third-order valence-electron chi connectivity index (χ3n) is 3.96. The molecular formula is C15H20N2O4. The Morgan fingerprint density at radius 2 is 1.90 bits per heavy atom. The maximum Gasteiger partial charge on any atom is 0.309 e. The van der Waals surface area contributed by atoms with Crippen molar-refractivity contribution in [2.45, 2.75) is 18.3 Å². The standard InChI is InChI=1S/C15H20N2O4/c1-20-12-4-2-11(3-5-12)15(6-8-21-9-7-15)10-17-14(19)13(16)18/h2-5H,6-10H2,1H3,(H2,16,18)(H,17,19). The van der Waals surface area contributed by atoms with Gasteiger partial charge >= 0.3 is 11.8 Å². The van der Waals surface area contributed by atoms with E-state index in [4.69, 9.17) is 15.2 Å². The van der Waals surface area contributed by atoms with Crippen molar-refractivity contribution in [2.24, 2.45) is 5.73 Å². The number of carbonyl (C=O) groups is 2. The number of hydrogen-bond donors (Lipinski definition) is 2. The first-order valence-electron chi connectivity index (χ1n) is 6.87. The Balaban J connectivity index is 2.19. The lowest BCUT2D eigenvalue weighted by atomic mass is 9.74. The maximum absolute atomic E-state index is 11.4. The van der Waals surface area contributed by atoms with Gasteiger partial charge in [0, 0.05) is 25.2 Å². The van der Waals surface area contributed by atoms with E-state index in [1.807, 2.05) is 24.3 Å². The van der Waals surface area contributed by atoms with Crippen LogP contribution < -0.4 is 15.8 Å². The Bertz CT molecular complexity index is 507. The van der Waals surface area contributed by atoms with Crippen molar-refractivity contribution in [2.75, 3.05) is 26.9 Å². The molecule has 2 rings (SSSR count). The molecule has 0 saturated carbocycles. The van der Waals surface area contributed by atoms with Crippen LogP contribution >= 0.6 is 0 Å². The van der Waals surface area contributed by atoms with Gasteiger partial charge in [-0.3, -0.25) is 9.59 Å². The summed E-state index contributed by atoms with van der Waals surface area (Å²) in [6.45, 7) is 1.61. The van der Waals surface area contributed by atoms with Gasteiger partial charge in [0.2, 0.25) is 0 Å². The molecule has 1 aliphatic heterocycles. The number of hydrogen-bond acceptors (Lipinski definition) is 4. The molecule has 1 aliphatic rings. The number of benzene rings is 1. The van der Waals surface area contributed by atoms with Crippen LogP contribution in [0.4, 0.5) is 0 Å². The fourth-order valence-corrected chi connectivity index (χ4v) is 2.61. The minimum atomic E-state index is -0.966. The molecule has 1 aromatic rings. The van der Waals surface area contributed by atoms with Crippen LogP contribution in [-0.4, -0.2) is 38.7 Å². The van der Waals surface area contributed by atoms with Gasteiger partial charge in [0.25, 0.3) is 0 Å². The Morgan fingerprint density at radius 1 is 1.29 bits per heavy atom. The van der Waals surface area contributed by atoms with Crippen LogP contribution in [-0.2, 0) is 19.7 Å². The molecule has 3 N–H and O–H groups in total. The van der Waals surface area contributed by atoms with Crippen molar-refractivity contribution in [3.8, 4) is 5.75 Å². The fraction of sp³-hybridized carbons (Fsp3) is 0.467. The molecule has 0 unspecified atom stereocenters. The summed E-state index contributed by atoms with van der Waals surface area (Å²) in [7, 11) is 1.62. The van der Waals surface area contributed by atoms with Crippen LogP contribution in [0.3, 0.4) is 0 Å². The normalized spacial score (nSPS) is 17.0. The highest BCUT2D eigenvalue weighted by atomic mass is 16.5.